The van der Waals surface area contributed by atoms with Crippen LogP contribution in [0.5, 0.6) is 0 Å². The molecule has 0 spiro atoms. The van der Waals surface area contributed by atoms with E-state index < -0.39 is 11.6 Å². The molecule has 20 heavy (non-hydrogen) atoms. The third-order valence-corrected chi connectivity index (χ3v) is 3.72. The van der Waals surface area contributed by atoms with Crippen molar-refractivity contribution in [1.82, 2.24) is 10.1 Å². The molecule has 106 valence electrons. The first kappa shape index (κ1) is 13.2. The van der Waals surface area contributed by atoms with Crippen molar-refractivity contribution in [3.05, 3.63) is 52.9 Å². The first-order valence-corrected chi connectivity index (χ1v) is 6.74. The molecular formula is C15H16F2N2O. The smallest absolute Gasteiger partial charge is 0.159 e. The van der Waals surface area contributed by atoms with Gasteiger partial charge in [-0.15, -0.1) is 0 Å². The number of hydrogen-bond donors (Lipinski definition) is 0. The number of nitrogens with zero attached hydrogens (tertiary/aromatic N) is 2. The Kier molecular flexibility index (Phi) is 3.53. The summed E-state index contributed by atoms with van der Waals surface area (Å²) < 4.78 is 31.3. The summed E-state index contributed by atoms with van der Waals surface area (Å²) in [5, 5.41) is 4.07. The van der Waals surface area contributed by atoms with Crippen LogP contribution in [0.25, 0.3) is 0 Å². The van der Waals surface area contributed by atoms with Gasteiger partial charge in [-0.05, 0) is 44.0 Å². The van der Waals surface area contributed by atoms with Crippen molar-refractivity contribution in [2.24, 2.45) is 0 Å². The summed E-state index contributed by atoms with van der Waals surface area (Å²) in [5.41, 5.74) is 1.69. The van der Waals surface area contributed by atoms with Crippen molar-refractivity contribution in [2.75, 3.05) is 6.54 Å². The average Bonchev–Trinajstić information content (AvgIpc) is 3.03. The molecule has 0 N–H and O–H groups in total. The quantitative estimate of drug-likeness (QED) is 0.859. The zero-order chi connectivity index (χ0) is 14.1. The van der Waals surface area contributed by atoms with E-state index in [2.05, 4.69) is 10.1 Å². The Hall–Kier alpha value is -1.75. The second-order valence-electron chi connectivity index (χ2n) is 5.24. The van der Waals surface area contributed by atoms with Crippen LogP contribution < -0.4 is 0 Å². The third kappa shape index (κ3) is 2.58. The van der Waals surface area contributed by atoms with E-state index in [0.29, 0.717) is 6.54 Å². The van der Waals surface area contributed by atoms with E-state index in [1.807, 2.05) is 13.0 Å². The molecule has 0 bridgehead atoms. The monoisotopic (exact) mass is 278 g/mol. The highest BCUT2D eigenvalue weighted by molar-refractivity contribution is 5.19. The molecule has 0 amide bonds. The third-order valence-electron chi connectivity index (χ3n) is 3.72. The van der Waals surface area contributed by atoms with Crippen molar-refractivity contribution >= 4 is 0 Å². The summed E-state index contributed by atoms with van der Waals surface area (Å²) in [5.74, 6) is -0.811. The summed E-state index contributed by atoms with van der Waals surface area (Å²) >= 11 is 0. The van der Waals surface area contributed by atoms with Crippen molar-refractivity contribution in [1.29, 1.82) is 0 Å². The second kappa shape index (κ2) is 5.32. The van der Waals surface area contributed by atoms with Gasteiger partial charge in [-0.2, -0.15) is 0 Å². The lowest BCUT2D eigenvalue weighted by atomic mass is 10.1. The molecule has 2 heterocycles. The highest BCUT2D eigenvalue weighted by Gasteiger charge is 2.28. The molecular weight excluding hydrogens is 262 g/mol. The molecule has 0 aliphatic carbocycles. The lowest BCUT2D eigenvalue weighted by Crippen LogP contribution is -2.23. The van der Waals surface area contributed by atoms with Gasteiger partial charge in [-0.1, -0.05) is 11.2 Å². The lowest BCUT2D eigenvalue weighted by molar-refractivity contribution is 0.236. The number of aromatic nitrogens is 1. The van der Waals surface area contributed by atoms with E-state index >= 15 is 0 Å². The van der Waals surface area contributed by atoms with Crippen LogP contribution in [0.15, 0.2) is 28.8 Å². The molecule has 1 atom stereocenters. The molecule has 3 nitrogen and oxygen atoms in total. The van der Waals surface area contributed by atoms with E-state index in [4.69, 9.17) is 4.52 Å². The molecule has 1 fully saturated rings. The van der Waals surface area contributed by atoms with Gasteiger partial charge in [0.2, 0.25) is 0 Å². The Balaban J connectivity index is 1.77. The topological polar surface area (TPSA) is 29.3 Å². The zero-order valence-corrected chi connectivity index (χ0v) is 11.3. The summed E-state index contributed by atoms with van der Waals surface area (Å²) in [6.07, 6.45) is 2.08. The number of aryl methyl sites for hydroxylation is 1. The first-order chi connectivity index (χ1) is 9.63. The van der Waals surface area contributed by atoms with E-state index in [-0.39, 0.29) is 6.04 Å². The second-order valence-corrected chi connectivity index (χ2v) is 5.24. The van der Waals surface area contributed by atoms with Crippen LogP contribution in [0.4, 0.5) is 8.78 Å². The standard InChI is InChI=1S/C15H16F2N2O/c1-10-7-14(18-20-10)15-3-2-6-19(15)9-11-4-5-12(16)13(17)8-11/h4-5,7-8,15H,2-3,6,9H2,1H3. The molecule has 1 unspecified atom stereocenters. The molecule has 0 saturated carbocycles. The van der Waals surface area contributed by atoms with Gasteiger partial charge < -0.3 is 4.52 Å². The van der Waals surface area contributed by atoms with Crippen molar-refractivity contribution in [3.63, 3.8) is 0 Å². The van der Waals surface area contributed by atoms with Crippen LogP contribution >= 0.6 is 0 Å². The first-order valence-electron chi connectivity index (χ1n) is 6.74. The maximum absolute atomic E-state index is 13.3. The molecule has 1 aliphatic heterocycles. The van der Waals surface area contributed by atoms with Gasteiger partial charge in [-0.3, -0.25) is 4.90 Å². The van der Waals surface area contributed by atoms with Crippen LogP contribution in [-0.4, -0.2) is 16.6 Å². The largest absolute Gasteiger partial charge is 0.361 e. The fraction of sp³-hybridized carbons (Fsp3) is 0.400. The predicted molar refractivity (Wildman–Crippen MR) is 70.0 cm³/mol. The summed E-state index contributed by atoms with van der Waals surface area (Å²) in [6, 6.07) is 6.20. The molecule has 1 aromatic heterocycles. The summed E-state index contributed by atoms with van der Waals surface area (Å²) in [7, 11) is 0. The Morgan fingerprint density at radius 1 is 1.30 bits per heavy atom. The lowest BCUT2D eigenvalue weighted by Gasteiger charge is -2.22. The number of benzene rings is 1. The Labute approximate surface area is 116 Å². The molecule has 1 aliphatic rings. The van der Waals surface area contributed by atoms with Crippen molar-refractivity contribution < 1.29 is 13.3 Å². The highest BCUT2D eigenvalue weighted by Crippen LogP contribution is 2.32. The molecule has 3 rings (SSSR count). The maximum atomic E-state index is 13.3. The number of hydrogen-bond acceptors (Lipinski definition) is 3. The minimum atomic E-state index is -0.807. The average molecular weight is 278 g/mol. The van der Waals surface area contributed by atoms with Gasteiger partial charge in [0.15, 0.2) is 11.6 Å². The fourth-order valence-corrected chi connectivity index (χ4v) is 2.77. The van der Waals surface area contributed by atoms with E-state index in [1.165, 1.54) is 12.1 Å². The Bertz CT molecular complexity index is 612. The summed E-state index contributed by atoms with van der Waals surface area (Å²) in [4.78, 5) is 2.23. The predicted octanol–water partition coefficient (Wildman–Crippen LogP) is 3.60. The van der Waals surface area contributed by atoms with Crippen molar-refractivity contribution in [2.45, 2.75) is 32.4 Å². The maximum Gasteiger partial charge on any atom is 0.159 e. The highest BCUT2D eigenvalue weighted by atomic mass is 19.2. The fourth-order valence-electron chi connectivity index (χ4n) is 2.77. The summed E-state index contributed by atoms with van der Waals surface area (Å²) in [6.45, 7) is 3.38. The minimum absolute atomic E-state index is 0.195. The molecule has 5 heteroatoms. The van der Waals surface area contributed by atoms with Gasteiger partial charge in [-0.25, -0.2) is 8.78 Å². The normalized spacial score (nSPS) is 19.6. The van der Waals surface area contributed by atoms with Crippen LogP contribution in [-0.2, 0) is 6.54 Å². The van der Waals surface area contributed by atoms with Crippen LogP contribution in [0, 0.1) is 18.6 Å². The molecule has 1 aromatic carbocycles. The van der Waals surface area contributed by atoms with Gasteiger partial charge in [0.05, 0.1) is 6.04 Å². The molecule has 1 saturated heterocycles. The van der Waals surface area contributed by atoms with Gasteiger partial charge in [0, 0.05) is 12.6 Å². The van der Waals surface area contributed by atoms with Crippen LogP contribution in [0.3, 0.4) is 0 Å². The Morgan fingerprint density at radius 2 is 2.15 bits per heavy atom. The number of likely N-dealkylation sites (tertiary alicyclic amines) is 1. The number of rotatable bonds is 3. The van der Waals surface area contributed by atoms with Gasteiger partial charge >= 0.3 is 0 Å². The number of halogens is 2. The van der Waals surface area contributed by atoms with E-state index in [9.17, 15) is 8.78 Å². The van der Waals surface area contributed by atoms with E-state index in [1.54, 1.807) is 6.07 Å². The SMILES string of the molecule is Cc1cc(C2CCCN2Cc2ccc(F)c(F)c2)no1. The van der Waals surface area contributed by atoms with Gasteiger partial charge in [0.1, 0.15) is 11.5 Å². The van der Waals surface area contributed by atoms with Crippen molar-refractivity contribution in [3.8, 4) is 0 Å². The zero-order valence-electron chi connectivity index (χ0n) is 11.3. The Morgan fingerprint density at radius 3 is 2.85 bits per heavy atom. The minimum Gasteiger partial charge on any atom is -0.361 e. The van der Waals surface area contributed by atoms with E-state index in [0.717, 1.165) is 36.4 Å². The van der Waals surface area contributed by atoms with Crippen LogP contribution in [0.2, 0.25) is 0 Å². The van der Waals surface area contributed by atoms with Gasteiger partial charge in [0.25, 0.3) is 0 Å². The molecule has 2 aromatic rings. The molecule has 0 radical (unpaired) electrons. The van der Waals surface area contributed by atoms with Crippen LogP contribution in [0.1, 0.15) is 35.9 Å².